The molecule has 0 aliphatic carbocycles. The predicted molar refractivity (Wildman–Crippen MR) is 79.7 cm³/mol. The lowest BCUT2D eigenvalue weighted by Gasteiger charge is -2.21. The molecule has 1 unspecified atom stereocenters. The third kappa shape index (κ3) is 3.53. The summed E-state index contributed by atoms with van der Waals surface area (Å²) in [7, 11) is -4.01. The van der Waals surface area contributed by atoms with Gasteiger partial charge in [-0.15, -0.1) is 0 Å². The highest BCUT2D eigenvalue weighted by Gasteiger charge is 2.35. The number of aromatic amines is 1. The van der Waals surface area contributed by atoms with Gasteiger partial charge in [-0.25, -0.2) is 9.03 Å². The van der Waals surface area contributed by atoms with Crippen LogP contribution < -0.4 is 0 Å². The average Bonchev–Trinajstić information content (AvgIpc) is 2.87. The van der Waals surface area contributed by atoms with Gasteiger partial charge in [0.2, 0.25) is 5.79 Å². The molecule has 0 saturated heterocycles. The zero-order valence-electron chi connectivity index (χ0n) is 12.6. The fourth-order valence-electron chi connectivity index (χ4n) is 2.09. The number of aliphatic hydroxyl groups is 1. The topological polar surface area (TPSA) is 83.8 Å². The van der Waals surface area contributed by atoms with Crippen LogP contribution in [0.1, 0.15) is 25.1 Å². The fraction of sp³-hybridized carbons (Fsp3) is 0.357. The summed E-state index contributed by atoms with van der Waals surface area (Å²) in [5.74, 6) is -2.67. The summed E-state index contributed by atoms with van der Waals surface area (Å²) < 4.78 is 66.6. The number of fused-ring (bicyclic) bond motifs is 1. The first kappa shape index (κ1) is 18.3. The number of alkyl halides is 3. The van der Waals surface area contributed by atoms with Crippen molar-refractivity contribution < 1.29 is 30.9 Å². The molecule has 1 heterocycles. The maximum absolute atomic E-state index is 13.0. The minimum atomic E-state index is -4.72. The summed E-state index contributed by atoms with van der Waals surface area (Å²) in [6.45, 7) is 9.23. The van der Waals surface area contributed by atoms with Gasteiger partial charge >= 0.3 is 6.18 Å². The van der Waals surface area contributed by atoms with Crippen LogP contribution in [0.25, 0.3) is 15.7 Å². The summed E-state index contributed by atoms with van der Waals surface area (Å²) in [5, 5.41) is 10.4. The van der Waals surface area contributed by atoms with Gasteiger partial charge < -0.3 is 10.1 Å². The number of aromatic nitrogens is 1. The Labute approximate surface area is 135 Å². The first-order chi connectivity index (χ1) is 10.9. The molecule has 0 aliphatic rings. The highest BCUT2D eigenvalue weighted by atomic mass is 32.2. The largest absolute Gasteiger partial charge is 0.407 e. The lowest BCUT2D eigenvalue weighted by atomic mass is 10.1. The minimum absolute atomic E-state index is 0.0116. The van der Waals surface area contributed by atoms with Gasteiger partial charge in [0.15, 0.2) is 5.69 Å². The number of nitrogens with zero attached hydrogens (tertiary/aromatic N) is 1. The van der Waals surface area contributed by atoms with Gasteiger partial charge in [-0.2, -0.15) is 21.6 Å². The van der Waals surface area contributed by atoms with Crippen molar-refractivity contribution in [2.45, 2.75) is 25.8 Å². The molecule has 0 amide bonds. The second-order valence-corrected chi connectivity index (χ2v) is 7.02. The summed E-state index contributed by atoms with van der Waals surface area (Å²) in [5.41, 5.74) is -1.88. The van der Waals surface area contributed by atoms with Crippen molar-refractivity contribution in [2.24, 2.45) is 0 Å². The van der Waals surface area contributed by atoms with Crippen LogP contribution in [0.15, 0.2) is 18.2 Å². The van der Waals surface area contributed by atoms with Crippen LogP contribution in [-0.2, 0) is 26.3 Å². The number of nitrogens with one attached hydrogen (secondary N) is 1. The maximum Gasteiger partial charge on any atom is 0.407 e. The van der Waals surface area contributed by atoms with Gasteiger partial charge in [0.05, 0.1) is 23.6 Å². The van der Waals surface area contributed by atoms with Gasteiger partial charge in [-0.1, -0.05) is 0 Å². The average molecular weight is 362 g/mol. The van der Waals surface area contributed by atoms with E-state index in [4.69, 9.17) is 6.57 Å². The summed E-state index contributed by atoms with van der Waals surface area (Å²) in [6, 6.07) is 2.97. The maximum atomic E-state index is 13.0. The SMILES string of the molecule is [C-]#[N+]c1cc2cc(C(C)(O)OS(=O)(=O)CC)[nH]c2cc1C(F)(F)F. The zero-order chi connectivity index (χ0) is 18.3. The molecule has 6 nitrogen and oxygen atoms in total. The molecule has 1 aromatic heterocycles. The minimum Gasteiger partial charge on any atom is -0.360 e. The van der Waals surface area contributed by atoms with Crippen molar-refractivity contribution in [3.8, 4) is 0 Å². The molecule has 0 fully saturated rings. The van der Waals surface area contributed by atoms with E-state index in [9.17, 15) is 26.7 Å². The number of hydrogen-bond donors (Lipinski definition) is 2. The zero-order valence-corrected chi connectivity index (χ0v) is 13.4. The molecule has 0 spiro atoms. The molecule has 24 heavy (non-hydrogen) atoms. The third-order valence-electron chi connectivity index (χ3n) is 3.31. The van der Waals surface area contributed by atoms with Gasteiger partial charge in [-0.3, -0.25) is 0 Å². The molecular formula is C14H13F3N2O4S. The number of H-pyrrole nitrogens is 1. The molecule has 2 N–H and O–H groups in total. The monoisotopic (exact) mass is 362 g/mol. The fourth-order valence-corrected chi connectivity index (χ4v) is 2.79. The Bertz CT molecular complexity index is 924. The number of rotatable bonds is 4. The molecule has 2 aromatic rings. The van der Waals surface area contributed by atoms with E-state index in [-0.39, 0.29) is 22.3 Å². The summed E-state index contributed by atoms with van der Waals surface area (Å²) in [6.07, 6.45) is -4.72. The smallest absolute Gasteiger partial charge is 0.360 e. The summed E-state index contributed by atoms with van der Waals surface area (Å²) in [4.78, 5) is 5.36. The molecule has 0 saturated carbocycles. The van der Waals surface area contributed by atoms with E-state index in [1.807, 2.05) is 0 Å². The van der Waals surface area contributed by atoms with Gasteiger partial charge in [0, 0.05) is 5.52 Å². The number of halogens is 3. The van der Waals surface area contributed by atoms with E-state index in [0.717, 1.165) is 19.1 Å². The van der Waals surface area contributed by atoms with E-state index in [1.165, 1.54) is 13.0 Å². The molecule has 0 aliphatic heterocycles. The van der Waals surface area contributed by atoms with Gasteiger partial charge in [0.1, 0.15) is 0 Å². The van der Waals surface area contributed by atoms with Crippen molar-refractivity contribution in [2.75, 3.05) is 5.75 Å². The first-order valence-corrected chi connectivity index (χ1v) is 8.25. The van der Waals surface area contributed by atoms with Crippen LogP contribution in [0, 0.1) is 6.57 Å². The van der Waals surface area contributed by atoms with E-state index < -0.39 is 33.3 Å². The highest BCUT2D eigenvalue weighted by Crippen LogP contribution is 2.39. The highest BCUT2D eigenvalue weighted by molar-refractivity contribution is 7.86. The second-order valence-electron chi connectivity index (χ2n) is 5.16. The Hall–Kier alpha value is -2.09. The normalized spacial score (nSPS) is 15.2. The van der Waals surface area contributed by atoms with Gasteiger partial charge in [0.25, 0.3) is 10.1 Å². The first-order valence-electron chi connectivity index (χ1n) is 6.67. The number of benzene rings is 1. The Morgan fingerprint density at radius 1 is 1.33 bits per heavy atom. The van der Waals surface area contributed by atoms with Crippen molar-refractivity contribution in [3.05, 3.63) is 40.9 Å². The Morgan fingerprint density at radius 2 is 1.96 bits per heavy atom. The molecule has 130 valence electrons. The van der Waals surface area contributed by atoms with Crippen LogP contribution >= 0.6 is 0 Å². The quantitative estimate of drug-likeness (QED) is 0.497. The molecule has 10 heteroatoms. The van der Waals surface area contributed by atoms with Gasteiger partial charge in [-0.05, 0) is 37.4 Å². The Morgan fingerprint density at radius 3 is 2.46 bits per heavy atom. The van der Waals surface area contributed by atoms with Crippen LogP contribution in [0.3, 0.4) is 0 Å². The Kier molecular flexibility index (Phi) is 4.39. The van der Waals surface area contributed by atoms with E-state index in [2.05, 4.69) is 14.0 Å². The van der Waals surface area contributed by atoms with Crippen molar-refractivity contribution >= 4 is 26.7 Å². The standard InChI is InChI=1S/C14H13F3N2O4S/c1-4-24(21,22)23-13(2,20)12-6-8-5-11(18-3)9(14(15,16)17)7-10(8)19-12/h5-7,19-20H,4H2,1-2H3. The van der Waals surface area contributed by atoms with Crippen molar-refractivity contribution in [1.82, 2.24) is 4.98 Å². The van der Waals surface area contributed by atoms with Crippen LogP contribution in [0.4, 0.5) is 18.9 Å². The lowest BCUT2D eigenvalue weighted by Crippen LogP contribution is -2.29. The predicted octanol–water partition coefficient (Wildman–Crippen LogP) is 3.27. The van der Waals surface area contributed by atoms with E-state index in [0.29, 0.717) is 0 Å². The molecule has 1 aromatic carbocycles. The van der Waals surface area contributed by atoms with Crippen LogP contribution in [0.2, 0.25) is 0 Å². The molecule has 1 atom stereocenters. The van der Waals surface area contributed by atoms with Crippen molar-refractivity contribution in [1.29, 1.82) is 0 Å². The second kappa shape index (κ2) is 5.77. The third-order valence-corrected chi connectivity index (χ3v) is 4.59. The van der Waals surface area contributed by atoms with Crippen LogP contribution in [-0.4, -0.2) is 24.3 Å². The lowest BCUT2D eigenvalue weighted by molar-refractivity contribution is -0.136. The Balaban J connectivity index is 2.58. The number of hydrogen-bond acceptors (Lipinski definition) is 4. The molecule has 0 radical (unpaired) electrons. The van der Waals surface area contributed by atoms with E-state index >= 15 is 0 Å². The van der Waals surface area contributed by atoms with E-state index in [1.54, 1.807) is 0 Å². The summed E-state index contributed by atoms with van der Waals surface area (Å²) >= 11 is 0. The van der Waals surface area contributed by atoms with Crippen molar-refractivity contribution in [3.63, 3.8) is 0 Å². The molecule has 0 bridgehead atoms. The molecular weight excluding hydrogens is 349 g/mol. The van der Waals surface area contributed by atoms with Crippen LogP contribution in [0.5, 0.6) is 0 Å². The molecule has 2 rings (SSSR count).